The van der Waals surface area contributed by atoms with Crippen LogP contribution in [0.2, 0.25) is 0 Å². The summed E-state index contributed by atoms with van der Waals surface area (Å²) in [6.45, 7) is 3.02. The Labute approximate surface area is 98.8 Å². The van der Waals surface area contributed by atoms with Crippen molar-refractivity contribution in [2.45, 2.75) is 32.6 Å². The SMILES string of the molecule is [B+2]c1ccc(OCCCCCC)cc1.[OH-].[OH-]. The molecule has 16 heavy (non-hydrogen) atoms. The van der Waals surface area contributed by atoms with E-state index in [-0.39, 0.29) is 11.0 Å². The molecule has 1 rings (SSSR count). The summed E-state index contributed by atoms with van der Waals surface area (Å²) in [4.78, 5) is 0. The molecule has 4 heteroatoms. The van der Waals surface area contributed by atoms with Crippen LogP contribution in [0.5, 0.6) is 5.75 Å². The Balaban J connectivity index is 0. The van der Waals surface area contributed by atoms with Gasteiger partial charge in [-0.05, 0) is 0 Å². The van der Waals surface area contributed by atoms with E-state index >= 15 is 0 Å². The predicted octanol–water partition coefficient (Wildman–Crippen LogP) is 2.09. The van der Waals surface area contributed by atoms with E-state index in [0.717, 1.165) is 24.2 Å². The summed E-state index contributed by atoms with van der Waals surface area (Å²) in [5.74, 6) is 0.913. The van der Waals surface area contributed by atoms with E-state index in [9.17, 15) is 0 Å². The van der Waals surface area contributed by atoms with Crippen LogP contribution in [0.3, 0.4) is 0 Å². The number of hydrogen-bond donors (Lipinski definition) is 0. The molecule has 0 aliphatic heterocycles. The Morgan fingerprint density at radius 2 is 1.62 bits per heavy atom. The second-order valence-electron chi connectivity index (χ2n) is 3.48. The van der Waals surface area contributed by atoms with Gasteiger partial charge in [-0.3, -0.25) is 0 Å². The summed E-state index contributed by atoms with van der Waals surface area (Å²) in [5, 5.41) is 0. The van der Waals surface area contributed by atoms with Gasteiger partial charge in [-0.25, -0.2) is 0 Å². The molecule has 0 atom stereocenters. The third kappa shape index (κ3) is 7.32. The van der Waals surface area contributed by atoms with Crippen molar-refractivity contribution in [3.05, 3.63) is 24.3 Å². The van der Waals surface area contributed by atoms with E-state index in [4.69, 9.17) is 12.6 Å². The molecule has 3 nitrogen and oxygen atoms in total. The van der Waals surface area contributed by atoms with E-state index in [1.165, 1.54) is 19.3 Å². The molecule has 1 aromatic carbocycles. The van der Waals surface area contributed by atoms with Crippen LogP contribution in [0, 0.1) is 0 Å². The van der Waals surface area contributed by atoms with Crippen LogP contribution in [0.15, 0.2) is 24.3 Å². The van der Waals surface area contributed by atoms with Gasteiger partial charge in [0.05, 0.1) is 0 Å². The van der Waals surface area contributed by atoms with E-state index in [1.54, 1.807) is 0 Å². The zero-order chi connectivity index (χ0) is 10.2. The molecule has 0 radical (unpaired) electrons. The molecule has 0 saturated heterocycles. The molecule has 0 unspecified atom stereocenters. The van der Waals surface area contributed by atoms with Crippen molar-refractivity contribution < 1.29 is 15.7 Å². The average molecular weight is 222 g/mol. The third-order valence-corrected chi connectivity index (χ3v) is 2.15. The molecule has 1 aromatic rings. The van der Waals surface area contributed by atoms with Crippen LogP contribution >= 0.6 is 0 Å². The van der Waals surface area contributed by atoms with Gasteiger partial charge in [0.15, 0.2) is 0 Å². The van der Waals surface area contributed by atoms with Crippen molar-refractivity contribution in [2.24, 2.45) is 0 Å². The molecule has 0 heterocycles. The standard InChI is InChI=1S/C12H17BO.2H2O/c1-2-3-4-5-10-14-12-8-6-11(13)7-9-12;;/h6-9H,2-5,10H2,1H3;2*1H2/q+2;;/p-2. The van der Waals surface area contributed by atoms with Crippen molar-refractivity contribution in [3.63, 3.8) is 0 Å². The van der Waals surface area contributed by atoms with Crippen molar-refractivity contribution in [2.75, 3.05) is 6.61 Å². The normalized spacial score (nSPS) is 8.94. The van der Waals surface area contributed by atoms with Crippen molar-refractivity contribution in [1.82, 2.24) is 0 Å². The van der Waals surface area contributed by atoms with Gasteiger partial charge >= 0.3 is 87.3 Å². The van der Waals surface area contributed by atoms with E-state index in [1.807, 2.05) is 24.3 Å². The number of rotatable bonds is 6. The molecular formula is C12H19BO3. The van der Waals surface area contributed by atoms with Crippen molar-refractivity contribution >= 4 is 13.3 Å². The number of ether oxygens (including phenoxy) is 1. The monoisotopic (exact) mass is 222 g/mol. The molecular weight excluding hydrogens is 203 g/mol. The summed E-state index contributed by atoms with van der Waals surface area (Å²) < 4.78 is 5.55. The number of hydrogen-bond acceptors (Lipinski definition) is 3. The fourth-order valence-corrected chi connectivity index (χ4v) is 1.28. The second-order valence-corrected chi connectivity index (χ2v) is 3.48. The zero-order valence-electron chi connectivity index (χ0n) is 9.72. The largest absolute Gasteiger partial charge is 0.870 e. The topological polar surface area (TPSA) is 69.2 Å². The zero-order valence-corrected chi connectivity index (χ0v) is 9.72. The summed E-state index contributed by atoms with van der Waals surface area (Å²) >= 11 is 0. The fourth-order valence-electron chi connectivity index (χ4n) is 1.28. The Morgan fingerprint density at radius 3 is 2.19 bits per heavy atom. The van der Waals surface area contributed by atoms with Crippen LogP contribution in [0.1, 0.15) is 32.6 Å². The van der Waals surface area contributed by atoms with Gasteiger partial charge in [0.1, 0.15) is 0 Å². The molecule has 0 spiro atoms. The van der Waals surface area contributed by atoms with Gasteiger partial charge in [0, 0.05) is 0 Å². The smallest absolute Gasteiger partial charge is 0.870 e. The van der Waals surface area contributed by atoms with Crippen LogP contribution in [0.4, 0.5) is 0 Å². The van der Waals surface area contributed by atoms with Gasteiger partial charge < -0.3 is 11.0 Å². The molecule has 2 N–H and O–H groups in total. The molecule has 0 bridgehead atoms. The van der Waals surface area contributed by atoms with Gasteiger partial charge in [-0.2, -0.15) is 0 Å². The second kappa shape index (κ2) is 10.5. The first kappa shape index (κ1) is 17.4. The first-order valence-corrected chi connectivity index (χ1v) is 5.31. The van der Waals surface area contributed by atoms with E-state index in [2.05, 4.69) is 6.92 Å². The Kier molecular flexibility index (Phi) is 11.4. The molecule has 88 valence electrons. The van der Waals surface area contributed by atoms with Crippen LogP contribution in [0.25, 0.3) is 0 Å². The maximum Gasteiger partial charge on any atom is -0.870 e. The Bertz CT molecular complexity index is 249. The average Bonchev–Trinajstić information content (AvgIpc) is 2.21. The first-order valence-electron chi connectivity index (χ1n) is 5.31. The maximum absolute atomic E-state index is 5.57. The van der Waals surface area contributed by atoms with E-state index < -0.39 is 0 Å². The Morgan fingerprint density at radius 1 is 1.00 bits per heavy atom. The van der Waals surface area contributed by atoms with Crippen molar-refractivity contribution in [1.29, 1.82) is 0 Å². The van der Waals surface area contributed by atoms with Gasteiger partial charge in [0.25, 0.3) is 0 Å². The van der Waals surface area contributed by atoms with Crippen LogP contribution < -0.4 is 10.2 Å². The minimum absolute atomic E-state index is 0. The first-order chi connectivity index (χ1) is 6.83. The quantitative estimate of drug-likeness (QED) is 0.546. The summed E-state index contributed by atoms with van der Waals surface area (Å²) in [7, 11) is 5.57. The molecule has 0 aromatic heterocycles. The summed E-state index contributed by atoms with van der Waals surface area (Å²) in [6.07, 6.45) is 4.96. The van der Waals surface area contributed by atoms with Crippen LogP contribution in [-0.4, -0.2) is 25.4 Å². The van der Waals surface area contributed by atoms with Gasteiger partial charge in [-0.15, -0.1) is 0 Å². The minimum Gasteiger partial charge on any atom is -0.870 e. The molecule has 0 aliphatic rings. The number of benzene rings is 1. The van der Waals surface area contributed by atoms with E-state index in [0.29, 0.717) is 0 Å². The third-order valence-electron chi connectivity index (χ3n) is 2.15. The molecule has 0 aliphatic carbocycles. The summed E-state index contributed by atoms with van der Waals surface area (Å²) in [6, 6.07) is 7.55. The van der Waals surface area contributed by atoms with Crippen LogP contribution in [-0.2, 0) is 0 Å². The maximum atomic E-state index is 5.57. The minimum atomic E-state index is 0. The molecule has 0 fully saturated rings. The van der Waals surface area contributed by atoms with Crippen molar-refractivity contribution in [3.8, 4) is 5.75 Å². The predicted molar refractivity (Wildman–Crippen MR) is 65.3 cm³/mol. The summed E-state index contributed by atoms with van der Waals surface area (Å²) in [5.41, 5.74) is 0.781. The Hall–Kier alpha value is -0.995. The molecule has 0 amide bonds. The molecule has 0 saturated carbocycles. The van der Waals surface area contributed by atoms with Gasteiger partial charge in [0.2, 0.25) is 0 Å². The fraction of sp³-hybridized carbons (Fsp3) is 0.500. The van der Waals surface area contributed by atoms with Gasteiger partial charge in [-0.1, -0.05) is 0 Å². The number of unbranched alkanes of at least 4 members (excludes halogenated alkanes) is 3.